The molecule has 6 rings (SSSR count). The molecule has 0 atom stereocenters. The van der Waals surface area contributed by atoms with Gasteiger partial charge in [0.2, 0.25) is 5.43 Å². The topological polar surface area (TPSA) is 59.3 Å². The number of nitrogens with one attached hydrogen (secondary N) is 1. The van der Waals surface area contributed by atoms with Crippen LogP contribution in [0.1, 0.15) is 21.5 Å². The predicted molar refractivity (Wildman–Crippen MR) is 127 cm³/mol. The maximum Gasteiger partial charge on any atom is 0.416 e. The lowest BCUT2D eigenvalue weighted by Gasteiger charge is -2.30. The number of hydrogen-bond donors (Lipinski definition) is 1. The molecule has 1 fully saturated rings. The van der Waals surface area contributed by atoms with Gasteiger partial charge in [0, 0.05) is 44.3 Å². The number of pyridine rings is 1. The normalized spacial score (nSPS) is 15.4. The number of halogens is 4. The molecule has 0 aliphatic carbocycles. The van der Waals surface area contributed by atoms with Crippen molar-refractivity contribution in [1.29, 1.82) is 0 Å². The van der Waals surface area contributed by atoms with E-state index in [9.17, 15) is 22.8 Å². The molecule has 184 valence electrons. The Morgan fingerprint density at radius 3 is 2.39 bits per heavy atom. The number of hydrogen-bond acceptors (Lipinski definition) is 4. The summed E-state index contributed by atoms with van der Waals surface area (Å²) in [5.74, 6) is -1.07. The lowest BCUT2D eigenvalue weighted by atomic mass is 10.0. The number of alkyl halides is 3. The summed E-state index contributed by atoms with van der Waals surface area (Å²) in [7, 11) is 0. The maximum absolute atomic E-state index is 15.2. The molecule has 0 spiro atoms. The van der Waals surface area contributed by atoms with Gasteiger partial charge in [-0.1, -0.05) is 12.1 Å². The molecule has 2 aromatic carbocycles. The molecule has 1 N–H and O–H groups in total. The predicted octanol–water partition coefficient (Wildman–Crippen LogP) is 4.09. The van der Waals surface area contributed by atoms with E-state index in [0.717, 1.165) is 12.1 Å². The molecular weight excluding hydrogens is 476 g/mol. The first-order valence-corrected chi connectivity index (χ1v) is 11.5. The van der Waals surface area contributed by atoms with Crippen LogP contribution in [0.5, 0.6) is 0 Å². The summed E-state index contributed by atoms with van der Waals surface area (Å²) in [6.07, 6.45) is -2.91. The van der Waals surface area contributed by atoms with E-state index in [1.807, 2.05) is 4.90 Å². The summed E-state index contributed by atoms with van der Waals surface area (Å²) in [5, 5.41) is 3.27. The first-order chi connectivity index (χ1) is 17.2. The summed E-state index contributed by atoms with van der Waals surface area (Å²) < 4.78 is 57.6. The van der Waals surface area contributed by atoms with Crippen LogP contribution in [0.25, 0.3) is 22.3 Å². The highest BCUT2D eigenvalue weighted by Gasteiger charge is 2.34. The van der Waals surface area contributed by atoms with Crippen molar-refractivity contribution in [3.05, 3.63) is 87.5 Å². The zero-order valence-electron chi connectivity index (χ0n) is 18.9. The summed E-state index contributed by atoms with van der Waals surface area (Å²) >= 11 is 0. The van der Waals surface area contributed by atoms with Crippen LogP contribution >= 0.6 is 0 Å². The van der Waals surface area contributed by atoms with E-state index >= 15 is 4.39 Å². The van der Waals surface area contributed by atoms with E-state index in [-0.39, 0.29) is 17.5 Å². The number of fused-ring (bicyclic) bond motifs is 4. The summed E-state index contributed by atoms with van der Waals surface area (Å²) in [6, 6.07) is 10.9. The first-order valence-electron chi connectivity index (χ1n) is 11.5. The fourth-order valence-corrected chi connectivity index (χ4v) is 5.08. The van der Waals surface area contributed by atoms with E-state index in [1.165, 1.54) is 22.8 Å². The molecule has 0 saturated carbocycles. The largest absolute Gasteiger partial charge is 0.416 e. The Labute approximate surface area is 202 Å². The molecule has 10 heteroatoms. The highest BCUT2D eigenvalue weighted by molar-refractivity contribution is 6.10. The Kier molecular flexibility index (Phi) is 5.04. The number of benzene rings is 2. The second-order valence-electron chi connectivity index (χ2n) is 8.96. The molecule has 0 radical (unpaired) electrons. The molecule has 1 saturated heterocycles. The minimum Gasteiger partial charge on any atom is -0.367 e. The van der Waals surface area contributed by atoms with Crippen LogP contribution in [0.2, 0.25) is 0 Å². The van der Waals surface area contributed by atoms with Crippen molar-refractivity contribution in [2.24, 2.45) is 0 Å². The molecule has 4 aromatic rings. The van der Waals surface area contributed by atoms with E-state index in [4.69, 9.17) is 0 Å². The van der Waals surface area contributed by atoms with Crippen molar-refractivity contribution in [3.8, 4) is 11.4 Å². The Morgan fingerprint density at radius 1 is 0.972 bits per heavy atom. The number of nitrogens with zero attached hydrogens (tertiary/aromatic N) is 3. The molecule has 2 aliphatic rings. The van der Waals surface area contributed by atoms with Gasteiger partial charge in [-0.05, 0) is 42.0 Å². The van der Waals surface area contributed by atoms with E-state index in [0.29, 0.717) is 54.3 Å². The minimum atomic E-state index is -4.47. The van der Waals surface area contributed by atoms with E-state index in [2.05, 4.69) is 5.32 Å². The van der Waals surface area contributed by atoms with Crippen molar-refractivity contribution in [2.75, 3.05) is 31.1 Å². The lowest BCUT2D eigenvalue weighted by Crippen LogP contribution is -2.43. The lowest BCUT2D eigenvalue weighted by molar-refractivity contribution is -0.137. The Balaban J connectivity index is 1.59. The number of carbonyl (C=O) groups is 1. The van der Waals surface area contributed by atoms with Crippen LogP contribution in [0.3, 0.4) is 0 Å². The van der Waals surface area contributed by atoms with Gasteiger partial charge in [-0.25, -0.2) is 4.39 Å². The van der Waals surface area contributed by atoms with Crippen LogP contribution < -0.4 is 15.6 Å². The highest BCUT2D eigenvalue weighted by atomic mass is 19.4. The van der Waals surface area contributed by atoms with Crippen molar-refractivity contribution < 1.29 is 22.4 Å². The van der Waals surface area contributed by atoms with Crippen molar-refractivity contribution in [1.82, 2.24) is 14.5 Å². The van der Waals surface area contributed by atoms with Gasteiger partial charge in [-0.2, -0.15) is 13.2 Å². The van der Waals surface area contributed by atoms with Crippen LogP contribution in [0.15, 0.2) is 59.5 Å². The summed E-state index contributed by atoms with van der Waals surface area (Å²) in [4.78, 5) is 28.4. The Hall–Kier alpha value is -3.92. The van der Waals surface area contributed by atoms with Crippen molar-refractivity contribution in [2.45, 2.75) is 12.7 Å². The molecule has 0 bridgehead atoms. The number of piperazine rings is 1. The molecule has 0 amide bonds. The SMILES string of the molecule is O=C1c2c(n(Cc3ccc(C(F)(F)F)cc3)c3cc(N4CCNCC4)c(F)cc3c2=O)-c2cccn21. The Morgan fingerprint density at radius 2 is 1.69 bits per heavy atom. The quantitative estimate of drug-likeness (QED) is 0.383. The van der Waals surface area contributed by atoms with Crippen LogP contribution in [-0.2, 0) is 12.7 Å². The van der Waals surface area contributed by atoms with Gasteiger partial charge in [0.1, 0.15) is 11.4 Å². The van der Waals surface area contributed by atoms with Crippen molar-refractivity contribution in [3.63, 3.8) is 0 Å². The third-order valence-electron chi connectivity index (χ3n) is 6.84. The van der Waals surface area contributed by atoms with Crippen LogP contribution in [0.4, 0.5) is 23.2 Å². The second kappa shape index (κ2) is 8.06. The van der Waals surface area contributed by atoms with Crippen LogP contribution in [0, 0.1) is 5.82 Å². The maximum atomic E-state index is 15.2. The van der Waals surface area contributed by atoms with Crippen molar-refractivity contribution >= 4 is 22.5 Å². The number of carbonyl (C=O) groups excluding carboxylic acids is 1. The van der Waals surface area contributed by atoms with Gasteiger partial charge in [-0.15, -0.1) is 0 Å². The minimum absolute atomic E-state index is 0.0520. The van der Waals surface area contributed by atoms with Crippen LogP contribution in [-0.4, -0.2) is 41.2 Å². The fourth-order valence-electron chi connectivity index (χ4n) is 5.08. The van der Waals surface area contributed by atoms with Gasteiger partial charge in [0.25, 0.3) is 5.91 Å². The zero-order valence-corrected chi connectivity index (χ0v) is 18.9. The molecular formula is C26H20F4N4O2. The molecule has 36 heavy (non-hydrogen) atoms. The van der Waals surface area contributed by atoms with E-state index < -0.39 is 28.9 Å². The van der Waals surface area contributed by atoms with E-state index in [1.54, 1.807) is 29.0 Å². The average molecular weight is 496 g/mol. The standard InChI is InChI=1S/C26H20F4N4O2/c27-18-12-17-20(13-21(18)32-10-7-31-8-11-32)34(14-15-3-5-16(6-4-15)26(28,29)30)23-19-2-1-9-33(19)25(36)22(23)24(17)35/h1-6,9,12-13,31H,7-8,10-11,14H2. The third kappa shape index (κ3) is 3.43. The van der Waals surface area contributed by atoms with Gasteiger partial charge < -0.3 is 14.8 Å². The van der Waals surface area contributed by atoms with Gasteiger partial charge >= 0.3 is 6.18 Å². The first kappa shape index (κ1) is 22.5. The molecule has 0 unspecified atom stereocenters. The second-order valence-corrected chi connectivity index (χ2v) is 8.96. The monoisotopic (exact) mass is 496 g/mol. The number of rotatable bonds is 3. The van der Waals surface area contributed by atoms with Gasteiger partial charge in [-0.3, -0.25) is 14.2 Å². The smallest absolute Gasteiger partial charge is 0.367 e. The number of aromatic nitrogens is 2. The summed E-state index contributed by atoms with van der Waals surface area (Å²) in [5.41, 5.74) is 0.769. The fraction of sp³-hybridized carbons (Fsp3) is 0.231. The summed E-state index contributed by atoms with van der Waals surface area (Å²) in [6.45, 7) is 2.61. The molecule has 2 aliphatic heterocycles. The average Bonchev–Trinajstić information content (AvgIpc) is 3.44. The van der Waals surface area contributed by atoms with Gasteiger partial charge in [0.15, 0.2) is 0 Å². The molecule has 4 heterocycles. The molecule has 2 aromatic heterocycles. The Bertz CT molecular complexity index is 1580. The highest BCUT2D eigenvalue weighted by Crippen LogP contribution is 2.36. The zero-order chi connectivity index (χ0) is 25.2. The molecule has 6 nitrogen and oxygen atoms in total. The number of anilines is 1. The third-order valence-corrected chi connectivity index (χ3v) is 6.84. The van der Waals surface area contributed by atoms with Gasteiger partial charge in [0.05, 0.1) is 28.2 Å².